The van der Waals surface area contributed by atoms with Crippen LogP contribution in [0.1, 0.15) is 25.0 Å². The van der Waals surface area contributed by atoms with Crippen molar-refractivity contribution in [1.29, 1.82) is 0 Å². The van der Waals surface area contributed by atoms with Gasteiger partial charge in [0.2, 0.25) is 0 Å². The third-order valence-electron chi connectivity index (χ3n) is 6.56. The van der Waals surface area contributed by atoms with E-state index in [0.717, 1.165) is 55.3 Å². The first-order valence-electron chi connectivity index (χ1n) is 12.1. The van der Waals surface area contributed by atoms with Crippen molar-refractivity contribution in [2.24, 2.45) is 0 Å². The molecule has 0 aliphatic carbocycles. The van der Waals surface area contributed by atoms with E-state index in [4.69, 9.17) is 0 Å². The second-order valence-electron chi connectivity index (χ2n) is 9.00. The lowest BCUT2D eigenvalue weighted by Gasteiger charge is -2.15. The van der Waals surface area contributed by atoms with Crippen LogP contribution in [0.2, 0.25) is 0 Å². The molecule has 0 aromatic heterocycles. The average molecular weight is 469 g/mol. The van der Waals surface area contributed by atoms with E-state index in [2.05, 4.69) is 55.5 Å². The Hall–Kier alpha value is -4.56. The van der Waals surface area contributed by atoms with E-state index in [1.807, 2.05) is 66.7 Å². The Morgan fingerprint density at radius 3 is 2.00 bits per heavy atom. The van der Waals surface area contributed by atoms with Crippen molar-refractivity contribution in [2.45, 2.75) is 13.8 Å². The van der Waals surface area contributed by atoms with E-state index in [1.165, 1.54) is 0 Å². The van der Waals surface area contributed by atoms with Gasteiger partial charge in [-0.2, -0.15) is 0 Å². The summed E-state index contributed by atoms with van der Waals surface area (Å²) in [7, 11) is 0. The second-order valence-corrected chi connectivity index (χ2v) is 9.00. The Labute approximate surface area is 212 Å². The fourth-order valence-corrected chi connectivity index (χ4v) is 4.77. The molecule has 2 heteroatoms. The van der Waals surface area contributed by atoms with Gasteiger partial charge in [0.1, 0.15) is 5.75 Å². The molecular formula is C34H28O2. The van der Waals surface area contributed by atoms with Crippen molar-refractivity contribution in [3.63, 3.8) is 0 Å². The number of benzene rings is 5. The van der Waals surface area contributed by atoms with E-state index in [-0.39, 0.29) is 11.5 Å². The highest BCUT2D eigenvalue weighted by Crippen LogP contribution is 2.39. The van der Waals surface area contributed by atoms with Crippen LogP contribution in [0.4, 0.5) is 0 Å². The fraction of sp³-hybridized carbons (Fsp3) is 0.0588. The molecule has 5 rings (SSSR count). The maximum absolute atomic E-state index is 10.6. The van der Waals surface area contributed by atoms with Crippen LogP contribution >= 0.6 is 0 Å². The topological polar surface area (TPSA) is 40.5 Å². The number of hydrogen-bond acceptors (Lipinski definition) is 2. The molecule has 0 fully saturated rings. The molecule has 5 aromatic rings. The molecule has 0 spiro atoms. The Balaban J connectivity index is 1.69. The zero-order valence-corrected chi connectivity index (χ0v) is 20.4. The predicted octanol–water partition coefficient (Wildman–Crippen LogP) is 9.27. The van der Waals surface area contributed by atoms with Crippen LogP contribution in [0.3, 0.4) is 0 Å². The Morgan fingerprint density at radius 2 is 1.31 bits per heavy atom. The summed E-state index contributed by atoms with van der Waals surface area (Å²) >= 11 is 0. The summed E-state index contributed by atoms with van der Waals surface area (Å²) in [5, 5.41) is 23.4. The maximum Gasteiger partial charge on any atom is 0.123 e. The molecule has 0 saturated heterocycles. The molecule has 176 valence electrons. The quantitative estimate of drug-likeness (QED) is 0.199. The van der Waals surface area contributed by atoms with E-state index in [0.29, 0.717) is 0 Å². The lowest BCUT2D eigenvalue weighted by molar-refractivity contribution is 0.417. The van der Waals surface area contributed by atoms with Crippen molar-refractivity contribution in [3.8, 4) is 28.0 Å². The molecule has 2 N–H and O–H groups in total. The minimum atomic E-state index is 0.262. The van der Waals surface area contributed by atoms with Gasteiger partial charge in [0, 0.05) is 11.1 Å². The van der Waals surface area contributed by atoms with Crippen molar-refractivity contribution in [2.75, 3.05) is 0 Å². The van der Waals surface area contributed by atoms with Gasteiger partial charge < -0.3 is 10.2 Å². The van der Waals surface area contributed by atoms with Crippen molar-refractivity contribution in [3.05, 3.63) is 138 Å². The smallest absolute Gasteiger partial charge is 0.123 e. The van der Waals surface area contributed by atoms with Crippen molar-refractivity contribution < 1.29 is 10.2 Å². The summed E-state index contributed by atoms with van der Waals surface area (Å²) in [6.45, 7) is 3.81. The third kappa shape index (κ3) is 4.54. The number of phenolic OH excluding ortho intramolecular Hbond substituents is 1. The Morgan fingerprint density at radius 1 is 0.639 bits per heavy atom. The van der Waals surface area contributed by atoms with Crippen molar-refractivity contribution >= 4 is 21.9 Å². The number of rotatable bonds is 5. The monoisotopic (exact) mass is 468 g/mol. The SMILES string of the molecule is C/C(O)=C(\C=C(/C)c1cccc2cccc(-c3ccc(O)c(-c4ccccc4)c3)c12)c1ccccc1. The molecule has 0 saturated carbocycles. The molecule has 0 atom stereocenters. The number of allylic oxidation sites excluding steroid dienone is 4. The minimum Gasteiger partial charge on any atom is -0.512 e. The standard InChI is InChI=1S/C34H28O2/c1-23(21-31(24(2)35)25-11-5-3-6-12-25)29-17-9-15-27-16-10-18-30(34(27)29)28-19-20-33(36)32(22-28)26-13-7-4-8-14-26/h3-22,35-36H,1-2H3/b23-21+,31-24-. The highest BCUT2D eigenvalue weighted by Gasteiger charge is 2.13. The van der Waals surface area contributed by atoms with Crippen LogP contribution in [0.5, 0.6) is 5.75 Å². The number of hydrogen-bond donors (Lipinski definition) is 2. The fourth-order valence-electron chi connectivity index (χ4n) is 4.77. The molecule has 0 radical (unpaired) electrons. The summed E-state index contributed by atoms with van der Waals surface area (Å²) in [6, 6.07) is 38.4. The zero-order chi connectivity index (χ0) is 25.1. The molecule has 0 aliphatic heterocycles. The summed E-state index contributed by atoms with van der Waals surface area (Å²) in [5.41, 5.74) is 7.86. The lowest BCUT2D eigenvalue weighted by atomic mass is 9.89. The van der Waals surface area contributed by atoms with Gasteiger partial charge in [0.15, 0.2) is 0 Å². The van der Waals surface area contributed by atoms with Crippen LogP contribution in [-0.2, 0) is 0 Å². The van der Waals surface area contributed by atoms with E-state index in [1.54, 1.807) is 13.0 Å². The molecule has 0 bridgehead atoms. The van der Waals surface area contributed by atoms with E-state index in [9.17, 15) is 10.2 Å². The molecular weight excluding hydrogens is 440 g/mol. The number of aliphatic hydroxyl groups excluding tert-OH is 1. The van der Waals surface area contributed by atoms with Gasteiger partial charge in [-0.25, -0.2) is 0 Å². The molecule has 0 heterocycles. The number of aromatic hydroxyl groups is 1. The molecule has 36 heavy (non-hydrogen) atoms. The first kappa shape index (κ1) is 23.2. The minimum absolute atomic E-state index is 0.262. The third-order valence-corrected chi connectivity index (χ3v) is 6.56. The zero-order valence-electron chi connectivity index (χ0n) is 20.4. The number of phenols is 1. The number of fused-ring (bicyclic) bond motifs is 1. The van der Waals surface area contributed by atoms with Gasteiger partial charge >= 0.3 is 0 Å². The maximum atomic E-state index is 10.6. The van der Waals surface area contributed by atoms with Crippen LogP contribution in [0, 0.1) is 0 Å². The van der Waals surface area contributed by atoms with E-state index < -0.39 is 0 Å². The lowest BCUT2D eigenvalue weighted by Crippen LogP contribution is -1.91. The van der Waals surface area contributed by atoms with Gasteiger partial charge in [0.05, 0.1) is 5.76 Å². The first-order chi connectivity index (χ1) is 17.5. The highest BCUT2D eigenvalue weighted by atomic mass is 16.3. The summed E-state index contributed by atoms with van der Waals surface area (Å²) < 4.78 is 0. The average Bonchev–Trinajstić information content (AvgIpc) is 2.92. The van der Waals surface area contributed by atoms with Crippen LogP contribution < -0.4 is 0 Å². The summed E-state index contributed by atoms with van der Waals surface area (Å²) in [4.78, 5) is 0. The van der Waals surface area contributed by atoms with Gasteiger partial charge in [-0.1, -0.05) is 103 Å². The molecule has 5 aromatic carbocycles. The Kier molecular flexibility index (Phi) is 6.42. The molecule has 0 unspecified atom stereocenters. The highest BCUT2D eigenvalue weighted by molar-refractivity contribution is 6.05. The molecule has 0 amide bonds. The summed E-state index contributed by atoms with van der Waals surface area (Å²) in [6.07, 6.45) is 2.06. The van der Waals surface area contributed by atoms with Gasteiger partial charge in [-0.3, -0.25) is 0 Å². The number of aliphatic hydroxyl groups is 1. The summed E-state index contributed by atoms with van der Waals surface area (Å²) in [5.74, 6) is 0.546. The van der Waals surface area contributed by atoms with Crippen LogP contribution in [-0.4, -0.2) is 10.2 Å². The van der Waals surface area contributed by atoms with Crippen LogP contribution in [0.25, 0.3) is 44.2 Å². The molecule has 0 aliphatic rings. The Bertz CT molecular complexity index is 1580. The second kappa shape index (κ2) is 9.97. The van der Waals surface area contributed by atoms with Gasteiger partial charge in [-0.15, -0.1) is 0 Å². The van der Waals surface area contributed by atoms with E-state index >= 15 is 0 Å². The van der Waals surface area contributed by atoms with Crippen LogP contribution in [0.15, 0.2) is 127 Å². The normalized spacial score (nSPS) is 12.4. The van der Waals surface area contributed by atoms with Crippen molar-refractivity contribution in [1.82, 2.24) is 0 Å². The van der Waals surface area contributed by atoms with Gasteiger partial charge in [0.25, 0.3) is 0 Å². The molecule has 2 nitrogen and oxygen atoms in total. The first-order valence-corrected chi connectivity index (χ1v) is 12.1. The predicted molar refractivity (Wildman–Crippen MR) is 152 cm³/mol. The van der Waals surface area contributed by atoms with Gasteiger partial charge in [-0.05, 0) is 76.2 Å². The largest absolute Gasteiger partial charge is 0.512 e.